The molecule has 1 aliphatic heterocycles. The van der Waals surface area contributed by atoms with Gasteiger partial charge in [0.1, 0.15) is 0 Å². The lowest BCUT2D eigenvalue weighted by atomic mass is 9.98. The van der Waals surface area contributed by atoms with Gasteiger partial charge >= 0.3 is 0 Å². The van der Waals surface area contributed by atoms with Gasteiger partial charge in [0.25, 0.3) is 0 Å². The maximum atomic E-state index is 9.57. The summed E-state index contributed by atoms with van der Waals surface area (Å²) in [5.74, 6) is 0. The summed E-state index contributed by atoms with van der Waals surface area (Å²) in [6.45, 7) is 4.97. The maximum Gasteiger partial charge on any atom is 0.0606 e. The summed E-state index contributed by atoms with van der Waals surface area (Å²) in [6.07, 6.45) is 3.45. The van der Waals surface area contributed by atoms with Crippen LogP contribution < -0.4 is 0 Å². The highest BCUT2D eigenvalue weighted by Gasteiger charge is 2.26. The van der Waals surface area contributed by atoms with Gasteiger partial charge in [-0.25, -0.2) is 0 Å². The van der Waals surface area contributed by atoms with Gasteiger partial charge in [-0.3, -0.25) is 0 Å². The highest BCUT2D eigenvalue weighted by molar-refractivity contribution is 4.82. The SMILES string of the molecule is CN1CCCC1CC(C)(C)O. The van der Waals surface area contributed by atoms with Crippen LogP contribution in [0.1, 0.15) is 33.1 Å². The predicted octanol–water partition coefficient (Wildman–Crippen LogP) is 1.24. The molecule has 1 unspecified atom stereocenters. The molecule has 2 nitrogen and oxygen atoms in total. The summed E-state index contributed by atoms with van der Waals surface area (Å²) in [4.78, 5) is 2.35. The molecule has 66 valence electrons. The largest absolute Gasteiger partial charge is 0.390 e. The van der Waals surface area contributed by atoms with Crippen molar-refractivity contribution >= 4 is 0 Å². The molecule has 1 heterocycles. The smallest absolute Gasteiger partial charge is 0.0606 e. The van der Waals surface area contributed by atoms with Gasteiger partial charge in [-0.15, -0.1) is 0 Å². The molecule has 1 rings (SSSR count). The average molecular weight is 157 g/mol. The first-order chi connectivity index (χ1) is 4.99. The number of rotatable bonds is 2. The molecule has 0 aromatic heterocycles. The fraction of sp³-hybridized carbons (Fsp3) is 1.00. The Balaban J connectivity index is 2.37. The Kier molecular flexibility index (Phi) is 2.55. The van der Waals surface area contributed by atoms with Crippen molar-refractivity contribution < 1.29 is 5.11 Å². The average Bonchev–Trinajstić information content (AvgIpc) is 2.12. The molecule has 0 aliphatic carbocycles. The van der Waals surface area contributed by atoms with Crippen LogP contribution in [0.15, 0.2) is 0 Å². The van der Waals surface area contributed by atoms with E-state index in [4.69, 9.17) is 0 Å². The van der Waals surface area contributed by atoms with E-state index >= 15 is 0 Å². The Morgan fingerprint density at radius 1 is 1.55 bits per heavy atom. The van der Waals surface area contributed by atoms with Gasteiger partial charge in [0, 0.05) is 6.04 Å². The Bertz CT molecular complexity index is 128. The third kappa shape index (κ3) is 2.80. The minimum atomic E-state index is -0.497. The summed E-state index contributed by atoms with van der Waals surface area (Å²) in [6, 6.07) is 0.606. The molecule has 1 aliphatic rings. The fourth-order valence-corrected chi connectivity index (χ4v) is 1.81. The van der Waals surface area contributed by atoms with Crippen LogP contribution in [0.25, 0.3) is 0 Å². The summed E-state index contributed by atoms with van der Waals surface area (Å²) in [7, 11) is 2.14. The third-order valence-corrected chi connectivity index (χ3v) is 2.41. The van der Waals surface area contributed by atoms with E-state index in [2.05, 4.69) is 11.9 Å². The van der Waals surface area contributed by atoms with Crippen molar-refractivity contribution in [3.05, 3.63) is 0 Å². The Morgan fingerprint density at radius 2 is 2.18 bits per heavy atom. The van der Waals surface area contributed by atoms with Crippen LogP contribution in [-0.2, 0) is 0 Å². The molecule has 0 bridgehead atoms. The second kappa shape index (κ2) is 3.11. The van der Waals surface area contributed by atoms with E-state index < -0.39 is 5.60 Å². The number of aliphatic hydroxyl groups is 1. The van der Waals surface area contributed by atoms with Crippen molar-refractivity contribution in [3.8, 4) is 0 Å². The Labute approximate surface area is 69.2 Å². The molecular formula is C9H19NO. The molecule has 0 saturated carbocycles. The minimum Gasteiger partial charge on any atom is -0.390 e. The molecule has 0 aromatic rings. The van der Waals surface area contributed by atoms with E-state index in [1.165, 1.54) is 19.4 Å². The topological polar surface area (TPSA) is 23.5 Å². The highest BCUT2D eigenvalue weighted by atomic mass is 16.3. The van der Waals surface area contributed by atoms with Gasteiger partial charge < -0.3 is 10.0 Å². The molecule has 1 fully saturated rings. The summed E-state index contributed by atoms with van der Waals surface area (Å²) < 4.78 is 0. The van der Waals surface area contributed by atoms with Crippen LogP contribution in [0.5, 0.6) is 0 Å². The van der Waals surface area contributed by atoms with Gasteiger partial charge in [0.2, 0.25) is 0 Å². The highest BCUT2D eigenvalue weighted by Crippen LogP contribution is 2.23. The van der Waals surface area contributed by atoms with Crippen molar-refractivity contribution in [3.63, 3.8) is 0 Å². The summed E-state index contributed by atoms with van der Waals surface area (Å²) in [5.41, 5.74) is -0.497. The first-order valence-corrected chi connectivity index (χ1v) is 4.42. The van der Waals surface area contributed by atoms with Gasteiger partial charge in [0.15, 0.2) is 0 Å². The Morgan fingerprint density at radius 3 is 2.55 bits per heavy atom. The quantitative estimate of drug-likeness (QED) is 0.652. The number of hydrogen-bond acceptors (Lipinski definition) is 2. The lowest BCUT2D eigenvalue weighted by Crippen LogP contribution is -2.33. The number of likely N-dealkylation sites (tertiary alicyclic amines) is 1. The fourth-order valence-electron chi connectivity index (χ4n) is 1.81. The normalized spacial score (nSPS) is 27.8. The maximum absolute atomic E-state index is 9.57. The standard InChI is InChI=1S/C9H19NO/c1-9(2,11)7-8-5-4-6-10(8)3/h8,11H,4-7H2,1-3H3. The van der Waals surface area contributed by atoms with Crippen molar-refractivity contribution in [2.45, 2.75) is 44.8 Å². The van der Waals surface area contributed by atoms with E-state index in [0.29, 0.717) is 6.04 Å². The third-order valence-electron chi connectivity index (χ3n) is 2.41. The van der Waals surface area contributed by atoms with E-state index in [0.717, 1.165) is 6.42 Å². The number of nitrogens with zero attached hydrogens (tertiary/aromatic N) is 1. The summed E-state index contributed by atoms with van der Waals surface area (Å²) in [5, 5.41) is 9.57. The molecule has 0 aromatic carbocycles. The van der Waals surface area contributed by atoms with Gasteiger partial charge in [-0.2, -0.15) is 0 Å². The minimum absolute atomic E-state index is 0.497. The second-order valence-corrected chi connectivity index (χ2v) is 4.29. The van der Waals surface area contributed by atoms with E-state index in [1.807, 2.05) is 13.8 Å². The van der Waals surface area contributed by atoms with Gasteiger partial charge in [0.05, 0.1) is 5.60 Å². The van der Waals surface area contributed by atoms with Crippen molar-refractivity contribution in [2.75, 3.05) is 13.6 Å². The summed E-state index contributed by atoms with van der Waals surface area (Å²) >= 11 is 0. The molecule has 0 spiro atoms. The molecule has 0 amide bonds. The van der Waals surface area contributed by atoms with Crippen molar-refractivity contribution in [1.82, 2.24) is 4.90 Å². The van der Waals surface area contributed by atoms with Crippen molar-refractivity contribution in [1.29, 1.82) is 0 Å². The second-order valence-electron chi connectivity index (χ2n) is 4.29. The monoisotopic (exact) mass is 157 g/mol. The molecule has 11 heavy (non-hydrogen) atoms. The van der Waals surface area contributed by atoms with Gasteiger partial charge in [-0.05, 0) is 46.7 Å². The van der Waals surface area contributed by atoms with Crippen LogP contribution in [-0.4, -0.2) is 35.2 Å². The van der Waals surface area contributed by atoms with Crippen LogP contribution >= 0.6 is 0 Å². The van der Waals surface area contributed by atoms with E-state index in [-0.39, 0.29) is 0 Å². The predicted molar refractivity (Wildman–Crippen MR) is 46.6 cm³/mol. The zero-order valence-electron chi connectivity index (χ0n) is 7.80. The molecule has 0 radical (unpaired) electrons. The molecule has 1 atom stereocenters. The zero-order valence-corrected chi connectivity index (χ0v) is 7.80. The Hall–Kier alpha value is -0.0800. The first kappa shape index (κ1) is 9.01. The lowest BCUT2D eigenvalue weighted by Gasteiger charge is -2.26. The van der Waals surface area contributed by atoms with Crippen LogP contribution in [0.3, 0.4) is 0 Å². The molecular weight excluding hydrogens is 138 g/mol. The molecule has 1 N–H and O–H groups in total. The van der Waals surface area contributed by atoms with Crippen molar-refractivity contribution in [2.24, 2.45) is 0 Å². The van der Waals surface area contributed by atoms with Crippen LogP contribution in [0.4, 0.5) is 0 Å². The van der Waals surface area contributed by atoms with Gasteiger partial charge in [-0.1, -0.05) is 0 Å². The number of hydrogen-bond donors (Lipinski definition) is 1. The van der Waals surface area contributed by atoms with Crippen LogP contribution in [0.2, 0.25) is 0 Å². The first-order valence-electron chi connectivity index (χ1n) is 4.42. The lowest BCUT2D eigenvalue weighted by molar-refractivity contribution is 0.0469. The van der Waals surface area contributed by atoms with E-state index in [9.17, 15) is 5.11 Å². The van der Waals surface area contributed by atoms with Crippen LogP contribution in [0, 0.1) is 0 Å². The van der Waals surface area contributed by atoms with E-state index in [1.54, 1.807) is 0 Å². The zero-order chi connectivity index (χ0) is 8.48. The molecule has 2 heteroatoms. The molecule has 1 saturated heterocycles.